The van der Waals surface area contributed by atoms with Gasteiger partial charge in [0.1, 0.15) is 5.82 Å². The predicted octanol–water partition coefficient (Wildman–Crippen LogP) is 2.46. The lowest BCUT2D eigenvalue weighted by molar-refractivity contribution is 0.128. The normalized spacial score (nSPS) is 17.2. The number of anilines is 1. The highest BCUT2D eigenvalue weighted by molar-refractivity contribution is 5.74. The van der Waals surface area contributed by atoms with Crippen LogP contribution in [0.2, 0.25) is 0 Å². The van der Waals surface area contributed by atoms with Crippen molar-refractivity contribution in [1.29, 1.82) is 0 Å². The van der Waals surface area contributed by atoms with Gasteiger partial charge in [-0.2, -0.15) is 0 Å². The van der Waals surface area contributed by atoms with Crippen molar-refractivity contribution < 1.29 is 9.90 Å². The van der Waals surface area contributed by atoms with Gasteiger partial charge in [-0.05, 0) is 50.2 Å². The number of aliphatic hydroxyl groups is 1. The summed E-state index contributed by atoms with van der Waals surface area (Å²) in [6.07, 6.45) is 4.02. The Labute approximate surface area is 151 Å². The fourth-order valence-corrected chi connectivity index (χ4v) is 3.33. The second kappa shape index (κ2) is 8.52. The lowest BCUT2D eigenvalue weighted by atomic mass is 9.87. The summed E-state index contributed by atoms with van der Waals surface area (Å²) in [5.74, 6) is 1.01. The molecule has 140 valence electrons. The van der Waals surface area contributed by atoms with Crippen molar-refractivity contribution in [3.8, 4) is 0 Å². The van der Waals surface area contributed by atoms with Crippen molar-refractivity contribution in [3.05, 3.63) is 23.9 Å². The first kappa shape index (κ1) is 19.5. The maximum Gasteiger partial charge on any atom is 0.315 e. The van der Waals surface area contributed by atoms with Crippen molar-refractivity contribution >= 4 is 11.8 Å². The molecule has 1 unspecified atom stereocenters. The van der Waals surface area contributed by atoms with Crippen molar-refractivity contribution in [3.63, 3.8) is 0 Å². The number of rotatable bonds is 6. The van der Waals surface area contributed by atoms with Crippen LogP contribution < -0.4 is 15.5 Å². The number of nitrogens with zero attached hydrogens (tertiary/aromatic N) is 2. The first-order valence-corrected chi connectivity index (χ1v) is 9.15. The van der Waals surface area contributed by atoms with E-state index in [2.05, 4.69) is 32.7 Å². The highest BCUT2D eigenvalue weighted by Crippen LogP contribution is 2.21. The Hall–Kier alpha value is -1.82. The molecule has 1 aromatic heterocycles. The molecule has 0 spiro atoms. The van der Waals surface area contributed by atoms with Gasteiger partial charge < -0.3 is 20.6 Å². The number of aryl methyl sites for hydroxylation is 1. The summed E-state index contributed by atoms with van der Waals surface area (Å²) < 4.78 is 0. The fraction of sp³-hybridized carbons (Fsp3) is 0.684. The second-order valence-corrected chi connectivity index (χ2v) is 8.00. The van der Waals surface area contributed by atoms with Gasteiger partial charge in [0.2, 0.25) is 0 Å². The van der Waals surface area contributed by atoms with Crippen molar-refractivity contribution in [1.82, 2.24) is 15.6 Å². The van der Waals surface area contributed by atoms with Crippen LogP contribution in [0.4, 0.5) is 10.6 Å². The molecule has 1 aliphatic heterocycles. The van der Waals surface area contributed by atoms with Crippen molar-refractivity contribution in [2.75, 3.05) is 24.5 Å². The molecule has 2 amide bonds. The number of pyridine rings is 1. The molecule has 2 rings (SSSR count). The van der Waals surface area contributed by atoms with Gasteiger partial charge in [0.25, 0.3) is 0 Å². The molecule has 3 N–H and O–H groups in total. The highest BCUT2D eigenvalue weighted by Gasteiger charge is 2.24. The van der Waals surface area contributed by atoms with Crippen LogP contribution in [-0.2, 0) is 0 Å². The highest BCUT2D eigenvalue weighted by atomic mass is 16.3. The van der Waals surface area contributed by atoms with Crippen LogP contribution in [0.5, 0.6) is 0 Å². The molecule has 1 atom stereocenters. The molecule has 1 aliphatic rings. The Morgan fingerprint density at radius 1 is 1.40 bits per heavy atom. The zero-order chi connectivity index (χ0) is 18.4. The molecule has 1 fully saturated rings. The summed E-state index contributed by atoms with van der Waals surface area (Å²) >= 11 is 0. The molecular formula is C19H32N4O2. The third kappa shape index (κ3) is 6.53. The topological polar surface area (TPSA) is 77.5 Å². The predicted molar refractivity (Wildman–Crippen MR) is 101 cm³/mol. The van der Waals surface area contributed by atoms with Crippen LogP contribution in [0, 0.1) is 12.3 Å². The van der Waals surface area contributed by atoms with Gasteiger partial charge in [-0.3, -0.25) is 0 Å². The van der Waals surface area contributed by atoms with Gasteiger partial charge in [-0.1, -0.05) is 19.9 Å². The van der Waals surface area contributed by atoms with E-state index in [9.17, 15) is 9.90 Å². The number of carbonyl (C=O) groups excluding carboxylic acids is 1. The number of amides is 2. The summed E-state index contributed by atoms with van der Waals surface area (Å²) in [5, 5.41) is 15.5. The summed E-state index contributed by atoms with van der Waals surface area (Å²) in [7, 11) is 0. The minimum Gasteiger partial charge on any atom is -0.393 e. The number of aromatic nitrogens is 1. The van der Waals surface area contributed by atoms with Crippen LogP contribution in [0.3, 0.4) is 0 Å². The Morgan fingerprint density at radius 2 is 2.08 bits per heavy atom. The van der Waals surface area contributed by atoms with Crippen LogP contribution in [0.25, 0.3) is 0 Å². The summed E-state index contributed by atoms with van der Waals surface area (Å²) in [6, 6.07) is 4.21. The molecular weight excluding hydrogens is 316 g/mol. The SMILES string of the molecule is Cc1ccc(N2CCC(NC(=O)NCC(C)(C)CC(C)O)CC2)nc1. The van der Waals surface area contributed by atoms with Gasteiger partial charge >= 0.3 is 6.03 Å². The van der Waals surface area contributed by atoms with E-state index in [1.807, 2.05) is 27.0 Å². The maximum absolute atomic E-state index is 12.1. The van der Waals surface area contributed by atoms with Crippen LogP contribution in [0.1, 0.15) is 45.6 Å². The molecule has 0 aliphatic carbocycles. The third-order valence-electron chi connectivity index (χ3n) is 4.63. The van der Waals surface area contributed by atoms with E-state index in [-0.39, 0.29) is 23.6 Å². The molecule has 0 bridgehead atoms. The lowest BCUT2D eigenvalue weighted by Gasteiger charge is -2.33. The van der Waals surface area contributed by atoms with Crippen LogP contribution in [0.15, 0.2) is 18.3 Å². The third-order valence-corrected chi connectivity index (χ3v) is 4.63. The lowest BCUT2D eigenvalue weighted by Crippen LogP contribution is -2.49. The van der Waals surface area contributed by atoms with E-state index >= 15 is 0 Å². The minimum absolute atomic E-state index is 0.119. The van der Waals surface area contributed by atoms with Gasteiger partial charge in [0.05, 0.1) is 6.10 Å². The zero-order valence-corrected chi connectivity index (χ0v) is 15.9. The largest absolute Gasteiger partial charge is 0.393 e. The average Bonchev–Trinajstić information content (AvgIpc) is 2.54. The number of hydrogen-bond acceptors (Lipinski definition) is 4. The number of hydrogen-bond donors (Lipinski definition) is 3. The van der Waals surface area contributed by atoms with Gasteiger partial charge in [-0.25, -0.2) is 9.78 Å². The number of nitrogens with one attached hydrogen (secondary N) is 2. The molecule has 6 heteroatoms. The Morgan fingerprint density at radius 3 is 2.64 bits per heavy atom. The van der Waals surface area contributed by atoms with Crippen LogP contribution in [-0.4, -0.2) is 47.9 Å². The summed E-state index contributed by atoms with van der Waals surface area (Å²) in [4.78, 5) is 18.9. The Kier molecular flexibility index (Phi) is 6.64. The van der Waals surface area contributed by atoms with Crippen LogP contribution >= 0.6 is 0 Å². The smallest absolute Gasteiger partial charge is 0.315 e. The second-order valence-electron chi connectivity index (χ2n) is 8.00. The molecule has 0 aromatic carbocycles. The standard InChI is InChI=1S/C19H32N4O2/c1-14-5-6-17(20-12-14)23-9-7-16(8-10-23)22-18(25)21-13-19(3,4)11-15(2)24/h5-6,12,15-16,24H,7-11,13H2,1-4H3,(H2,21,22,25). The summed E-state index contributed by atoms with van der Waals surface area (Å²) in [5.41, 5.74) is 1.04. The quantitative estimate of drug-likeness (QED) is 0.738. The van der Waals surface area contributed by atoms with E-state index in [0.717, 1.165) is 37.3 Å². The van der Waals surface area contributed by atoms with E-state index in [0.29, 0.717) is 13.0 Å². The van der Waals surface area contributed by atoms with E-state index in [1.165, 1.54) is 0 Å². The monoisotopic (exact) mass is 348 g/mol. The fourth-order valence-electron chi connectivity index (χ4n) is 3.33. The van der Waals surface area contributed by atoms with Gasteiger partial charge in [0.15, 0.2) is 0 Å². The maximum atomic E-state index is 12.1. The molecule has 25 heavy (non-hydrogen) atoms. The number of urea groups is 1. The van der Waals surface area contributed by atoms with Crippen molar-refractivity contribution in [2.45, 2.75) is 59.1 Å². The molecule has 1 saturated heterocycles. The number of aliphatic hydroxyl groups excluding tert-OH is 1. The molecule has 0 saturated carbocycles. The first-order chi connectivity index (χ1) is 11.7. The van der Waals surface area contributed by atoms with E-state index in [1.54, 1.807) is 6.92 Å². The summed E-state index contributed by atoms with van der Waals surface area (Å²) in [6.45, 7) is 10.3. The average molecular weight is 348 g/mol. The van der Waals surface area contributed by atoms with Gasteiger partial charge in [0, 0.05) is 31.9 Å². The Balaban J connectivity index is 1.72. The van der Waals surface area contributed by atoms with E-state index in [4.69, 9.17) is 0 Å². The molecule has 0 radical (unpaired) electrons. The number of piperidine rings is 1. The first-order valence-electron chi connectivity index (χ1n) is 9.15. The number of carbonyl (C=O) groups is 1. The molecule has 6 nitrogen and oxygen atoms in total. The van der Waals surface area contributed by atoms with E-state index < -0.39 is 0 Å². The minimum atomic E-state index is -0.362. The Bertz CT molecular complexity index is 549. The van der Waals surface area contributed by atoms with Crippen molar-refractivity contribution in [2.24, 2.45) is 5.41 Å². The molecule has 2 heterocycles. The van der Waals surface area contributed by atoms with Gasteiger partial charge in [-0.15, -0.1) is 0 Å². The zero-order valence-electron chi connectivity index (χ0n) is 15.9. The molecule has 1 aromatic rings.